The van der Waals surface area contributed by atoms with Gasteiger partial charge in [-0.2, -0.15) is 5.26 Å². The molecule has 0 aliphatic heterocycles. The summed E-state index contributed by atoms with van der Waals surface area (Å²) in [6.45, 7) is 4.00. The van der Waals surface area contributed by atoms with Gasteiger partial charge in [0.05, 0.1) is 12.4 Å². The lowest BCUT2D eigenvalue weighted by Crippen LogP contribution is -2.11. The van der Waals surface area contributed by atoms with E-state index in [4.69, 9.17) is 5.26 Å². The summed E-state index contributed by atoms with van der Waals surface area (Å²) in [6.07, 6.45) is 3.03. The third-order valence-electron chi connectivity index (χ3n) is 1.19. The largest absolute Gasteiger partial charge is 0.367 e. The average Bonchev–Trinajstić information content (AvgIpc) is 2.03. The van der Waals surface area contributed by atoms with Crippen LogP contribution in [-0.4, -0.2) is 16.0 Å². The molecule has 1 aromatic rings. The molecule has 0 spiro atoms. The molecule has 4 nitrogen and oxygen atoms in total. The maximum atomic E-state index is 8.52. The molecule has 12 heavy (non-hydrogen) atoms. The van der Waals surface area contributed by atoms with Crippen LogP contribution in [0.1, 0.15) is 19.5 Å². The number of nitrogens with zero attached hydrogens (tertiary/aromatic N) is 3. The minimum Gasteiger partial charge on any atom is -0.367 e. The van der Waals surface area contributed by atoms with Crippen molar-refractivity contribution in [1.82, 2.24) is 9.97 Å². The molecule has 0 bridgehead atoms. The molecule has 0 aromatic carbocycles. The minimum absolute atomic E-state index is 0.299. The first-order valence-electron chi connectivity index (χ1n) is 3.71. The molecule has 1 heterocycles. The van der Waals surface area contributed by atoms with Gasteiger partial charge in [0, 0.05) is 6.04 Å². The summed E-state index contributed by atoms with van der Waals surface area (Å²) in [5, 5.41) is 11.6. The zero-order chi connectivity index (χ0) is 8.97. The average molecular weight is 162 g/mol. The highest BCUT2D eigenvalue weighted by atomic mass is 15.0. The minimum atomic E-state index is 0.299. The van der Waals surface area contributed by atoms with Gasteiger partial charge in [0.15, 0.2) is 5.69 Å². The number of rotatable bonds is 2. The van der Waals surface area contributed by atoms with Gasteiger partial charge in [0.2, 0.25) is 0 Å². The molecule has 0 unspecified atom stereocenters. The van der Waals surface area contributed by atoms with Crippen LogP contribution in [0, 0.1) is 11.3 Å². The molecule has 0 saturated heterocycles. The third-order valence-corrected chi connectivity index (χ3v) is 1.19. The zero-order valence-corrected chi connectivity index (χ0v) is 7.07. The van der Waals surface area contributed by atoms with Gasteiger partial charge in [-0.3, -0.25) is 4.98 Å². The Kier molecular flexibility index (Phi) is 2.59. The summed E-state index contributed by atoms with van der Waals surface area (Å²) in [5.74, 6) is 0.643. The van der Waals surface area contributed by atoms with Crippen LogP contribution in [0.25, 0.3) is 0 Å². The summed E-state index contributed by atoms with van der Waals surface area (Å²) < 4.78 is 0. The highest BCUT2D eigenvalue weighted by Crippen LogP contribution is 2.02. The molecule has 0 aliphatic carbocycles. The van der Waals surface area contributed by atoms with Crippen LogP contribution >= 0.6 is 0 Å². The number of aromatic nitrogens is 2. The molecule has 1 rings (SSSR count). The third kappa shape index (κ3) is 2.20. The molecule has 62 valence electrons. The van der Waals surface area contributed by atoms with Crippen molar-refractivity contribution in [3.8, 4) is 6.07 Å². The Hall–Kier alpha value is -1.63. The second-order valence-electron chi connectivity index (χ2n) is 2.70. The molecule has 0 aliphatic rings. The Morgan fingerprint density at radius 3 is 2.83 bits per heavy atom. The van der Waals surface area contributed by atoms with Gasteiger partial charge in [-0.05, 0) is 13.8 Å². The lowest BCUT2D eigenvalue weighted by Gasteiger charge is -2.07. The Labute approximate surface area is 71.3 Å². The first-order valence-corrected chi connectivity index (χ1v) is 3.71. The van der Waals surface area contributed by atoms with Gasteiger partial charge < -0.3 is 5.32 Å². The predicted octanol–water partition coefficient (Wildman–Crippen LogP) is 1.17. The van der Waals surface area contributed by atoms with E-state index in [-0.39, 0.29) is 0 Å². The number of hydrogen-bond donors (Lipinski definition) is 1. The molecular formula is C8H10N4. The van der Waals surface area contributed by atoms with Crippen LogP contribution in [-0.2, 0) is 0 Å². The van der Waals surface area contributed by atoms with E-state index in [1.165, 1.54) is 6.20 Å². The van der Waals surface area contributed by atoms with Crippen molar-refractivity contribution in [2.24, 2.45) is 0 Å². The molecule has 0 saturated carbocycles. The Bertz CT molecular complexity index is 300. The van der Waals surface area contributed by atoms with Gasteiger partial charge in [0.25, 0.3) is 0 Å². The maximum absolute atomic E-state index is 8.52. The van der Waals surface area contributed by atoms with Crippen molar-refractivity contribution < 1.29 is 0 Å². The van der Waals surface area contributed by atoms with E-state index in [0.717, 1.165) is 0 Å². The second-order valence-corrected chi connectivity index (χ2v) is 2.70. The number of hydrogen-bond acceptors (Lipinski definition) is 4. The van der Waals surface area contributed by atoms with Crippen molar-refractivity contribution in [2.75, 3.05) is 5.32 Å². The van der Waals surface area contributed by atoms with Crippen molar-refractivity contribution in [3.63, 3.8) is 0 Å². The quantitative estimate of drug-likeness (QED) is 0.709. The summed E-state index contributed by atoms with van der Waals surface area (Å²) in [7, 11) is 0. The van der Waals surface area contributed by atoms with E-state index in [0.29, 0.717) is 17.6 Å². The first kappa shape index (κ1) is 8.47. The normalized spacial score (nSPS) is 9.50. The number of nitrogens with one attached hydrogen (secondary N) is 1. The van der Waals surface area contributed by atoms with E-state index in [1.807, 2.05) is 19.9 Å². The van der Waals surface area contributed by atoms with E-state index < -0.39 is 0 Å². The lowest BCUT2D eigenvalue weighted by molar-refractivity contribution is 0.884. The van der Waals surface area contributed by atoms with Crippen LogP contribution in [0.2, 0.25) is 0 Å². The molecule has 0 amide bonds. The summed E-state index contributed by atoms with van der Waals surface area (Å²) >= 11 is 0. The predicted molar refractivity (Wildman–Crippen MR) is 45.5 cm³/mol. The van der Waals surface area contributed by atoms with Gasteiger partial charge in [-0.1, -0.05) is 0 Å². The molecule has 1 aromatic heterocycles. The lowest BCUT2D eigenvalue weighted by atomic mass is 10.4. The topological polar surface area (TPSA) is 61.6 Å². The standard InChI is InChI=1S/C8H10N4/c1-6(2)11-8-5-10-4-7(3-9)12-8/h4-6H,1-2H3,(H,11,12). The fourth-order valence-corrected chi connectivity index (χ4v) is 0.785. The highest BCUT2D eigenvalue weighted by Gasteiger charge is 1.98. The summed E-state index contributed by atoms with van der Waals surface area (Å²) in [5.41, 5.74) is 0.334. The van der Waals surface area contributed by atoms with Crippen molar-refractivity contribution in [1.29, 1.82) is 5.26 Å². The van der Waals surface area contributed by atoms with E-state index in [9.17, 15) is 0 Å². The Morgan fingerprint density at radius 1 is 1.50 bits per heavy atom. The fraction of sp³-hybridized carbons (Fsp3) is 0.375. The van der Waals surface area contributed by atoms with Gasteiger partial charge in [-0.25, -0.2) is 4.98 Å². The number of nitriles is 1. The van der Waals surface area contributed by atoms with Gasteiger partial charge >= 0.3 is 0 Å². The van der Waals surface area contributed by atoms with Crippen LogP contribution in [0.15, 0.2) is 12.4 Å². The van der Waals surface area contributed by atoms with Crippen molar-refractivity contribution in [3.05, 3.63) is 18.1 Å². The number of anilines is 1. The molecule has 1 N–H and O–H groups in total. The molecular weight excluding hydrogens is 152 g/mol. The van der Waals surface area contributed by atoms with Crippen LogP contribution in [0.4, 0.5) is 5.82 Å². The van der Waals surface area contributed by atoms with Crippen molar-refractivity contribution >= 4 is 5.82 Å². The smallest absolute Gasteiger partial charge is 0.161 e. The maximum Gasteiger partial charge on any atom is 0.161 e. The first-order chi connectivity index (χ1) is 5.72. The highest BCUT2D eigenvalue weighted by molar-refractivity contribution is 5.35. The zero-order valence-electron chi connectivity index (χ0n) is 7.07. The van der Waals surface area contributed by atoms with Crippen molar-refractivity contribution in [2.45, 2.75) is 19.9 Å². The molecule has 0 fully saturated rings. The van der Waals surface area contributed by atoms with Gasteiger partial charge in [0.1, 0.15) is 11.9 Å². The SMILES string of the molecule is CC(C)Nc1cncc(C#N)n1. The van der Waals surface area contributed by atoms with E-state index in [1.54, 1.807) is 6.20 Å². The molecule has 0 radical (unpaired) electrons. The van der Waals surface area contributed by atoms with Crippen LogP contribution < -0.4 is 5.32 Å². The van der Waals surface area contributed by atoms with E-state index in [2.05, 4.69) is 15.3 Å². The van der Waals surface area contributed by atoms with Crippen LogP contribution in [0.3, 0.4) is 0 Å². The summed E-state index contributed by atoms with van der Waals surface area (Å²) in [4.78, 5) is 7.86. The molecule has 4 heteroatoms. The summed E-state index contributed by atoms with van der Waals surface area (Å²) in [6, 6.07) is 2.23. The van der Waals surface area contributed by atoms with Gasteiger partial charge in [-0.15, -0.1) is 0 Å². The molecule has 0 atom stereocenters. The van der Waals surface area contributed by atoms with Crippen LogP contribution in [0.5, 0.6) is 0 Å². The Balaban J connectivity index is 2.81. The fourth-order valence-electron chi connectivity index (χ4n) is 0.785. The monoisotopic (exact) mass is 162 g/mol. The Morgan fingerprint density at radius 2 is 2.25 bits per heavy atom. The second kappa shape index (κ2) is 3.67. The van der Waals surface area contributed by atoms with E-state index >= 15 is 0 Å².